The maximum atomic E-state index is 12.9. The summed E-state index contributed by atoms with van der Waals surface area (Å²) in [4.78, 5) is 30.5. The number of anilines is 1. The molecule has 10 heteroatoms. The highest BCUT2D eigenvalue weighted by Crippen LogP contribution is 2.31. The van der Waals surface area contributed by atoms with Crippen LogP contribution in [0.5, 0.6) is 11.5 Å². The molecule has 0 atom stereocenters. The minimum atomic E-state index is -3.03. The number of hydrogen-bond acceptors (Lipinski definition) is 6. The highest BCUT2D eigenvalue weighted by Gasteiger charge is 2.15. The lowest BCUT2D eigenvalue weighted by Crippen LogP contribution is -2.27. The first-order chi connectivity index (χ1) is 15.4. The van der Waals surface area contributed by atoms with E-state index in [1.54, 1.807) is 13.2 Å². The van der Waals surface area contributed by atoms with Gasteiger partial charge in [0.25, 0.3) is 5.56 Å². The number of fused-ring (bicyclic) bond motifs is 1. The van der Waals surface area contributed by atoms with Crippen LogP contribution in [-0.4, -0.2) is 29.2 Å². The first-order valence-electron chi connectivity index (χ1n) is 9.41. The van der Waals surface area contributed by atoms with Gasteiger partial charge in [0.2, 0.25) is 5.91 Å². The van der Waals surface area contributed by atoms with Crippen LogP contribution < -0.4 is 20.3 Å². The molecule has 4 aromatic rings. The van der Waals surface area contributed by atoms with Crippen LogP contribution in [0.4, 0.5) is 14.5 Å². The van der Waals surface area contributed by atoms with Crippen LogP contribution in [0, 0.1) is 0 Å². The molecule has 0 saturated carbocycles. The van der Waals surface area contributed by atoms with Gasteiger partial charge in [0.15, 0.2) is 0 Å². The molecule has 0 aliphatic rings. The highest BCUT2D eigenvalue weighted by atomic mass is 32.1. The molecule has 7 nitrogen and oxygen atoms in total. The molecule has 0 radical (unpaired) electrons. The Balaban J connectivity index is 1.55. The van der Waals surface area contributed by atoms with Gasteiger partial charge in [0.1, 0.15) is 22.7 Å². The summed E-state index contributed by atoms with van der Waals surface area (Å²) >= 11 is 1.27. The molecule has 0 unspecified atom stereocenters. The Morgan fingerprint density at radius 2 is 1.94 bits per heavy atom. The number of aromatic nitrogens is 2. The molecule has 2 aromatic carbocycles. The fraction of sp³-hybridized carbons (Fsp3) is 0.136. The van der Waals surface area contributed by atoms with Gasteiger partial charge < -0.3 is 14.8 Å². The van der Waals surface area contributed by atoms with Crippen molar-refractivity contribution < 1.29 is 23.0 Å². The molecule has 1 N–H and O–H groups in total. The summed E-state index contributed by atoms with van der Waals surface area (Å²) in [5.74, 6) is -0.0217. The second-order valence-corrected chi connectivity index (χ2v) is 7.71. The number of thiophene rings is 1. The molecule has 2 heterocycles. The quantitative estimate of drug-likeness (QED) is 0.446. The van der Waals surface area contributed by atoms with Gasteiger partial charge in [-0.1, -0.05) is 12.1 Å². The van der Waals surface area contributed by atoms with E-state index in [1.807, 2.05) is 30.3 Å². The average Bonchev–Trinajstić information content (AvgIpc) is 3.22. The Kier molecular flexibility index (Phi) is 6.13. The monoisotopic (exact) mass is 457 g/mol. The lowest BCUT2D eigenvalue weighted by molar-refractivity contribution is -0.116. The zero-order chi connectivity index (χ0) is 22.7. The van der Waals surface area contributed by atoms with Crippen molar-refractivity contribution in [2.24, 2.45) is 0 Å². The maximum Gasteiger partial charge on any atom is 0.387 e. The maximum absolute atomic E-state index is 12.9. The van der Waals surface area contributed by atoms with E-state index >= 15 is 0 Å². The Hall–Kier alpha value is -3.79. The van der Waals surface area contributed by atoms with Crippen molar-refractivity contribution in [3.05, 3.63) is 71.3 Å². The van der Waals surface area contributed by atoms with Crippen LogP contribution in [0.25, 0.3) is 20.7 Å². The predicted octanol–water partition coefficient (Wildman–Crippen LogP) is 4.37. The molecule has 164 valence electrons. The van der Waals surface area contributed by atoms with Crippen molar-refractivity contribution in [3.63, 3.8) is 0 Å². The van der Waals surface area contributed by atoms with Gasteiger partial charge in [-0.15, -0.1) is 11.3 Å². The minimum absolute atomic E-state index is 0.0813. The van der Waals surface area contributed by atoms with Crippen LogP contribution in [0.2, 0.25) is 0 Å². The second-order valence-electron chi connectivity index (χ2n) is 6.65. The number of nitrogens with one attached hydrogen (secondary N) is 1. The van der Waals surface area contributed by atoms with Gasteiger partial charge in [-0.05, 0) is 48.0 Å². The zero-order valence-corrected chi connectivity index (χ0v) is 17.6. The standard InChI is InChI=1S/C22H17F2N3O4S/c1-30-14-8-6-13(7-9-14)18-10-16-20(32-18)21(29)27(12-25-16)11-19(28)26-15-4-2-3-5-17(15)31-22(23)24/h2-10,12,22H,11H2,1H3,(H,26,28). The lowest BCUT2D eigenvalue weighted by Gasteiger charge is -2.12. The number of halogens is 2. The number of carbonyl (C=O) groups is 1. The second kappa shape index (κ2) is 9.15. The summed E-state index contributed by atoms with van der Waals surface area (Å²) in [7, 11) is 1.58. The summed E-state index contributed by atoms with van der Waals surface area (Å²) < 4.78 is 36.3. The predicted molar refractivity (Wildman–Crippen MR) is 118 cm³/mol. The third-order valence-electron chi connectivity index (χ3n) is 4.57. The SMILES string of the molecule is COc1ccc(-c2cc3ncn(CC(=O)Nc4ccccc4OC(F)F)c(=O)c3s2)cc1. The van der Waals surface area contributed by atoms with E-state index in [1.165, 1.54) is 40.4 Å². The van der Waals surface area contributed by atoms with Gasteiger partial charge in [0, 0.05) is 4.88 Å². The number of methoxy groups -OCH3 is 1. The molecule has 0 saturated heterocycles. The summed E-state index contributed by atoms with van der Waals surface area (Å²) in [5, 5.41) is 2.49. The van der Waals surface area contributed by atoms with Gasteiger partial charge in [0.05, 0.1) is 24.6 Å². The number of nitrogens with zero attached hydrogens (tertiary/aromatic N) is 2. The highest BCUT2D eigenvalue weighted by molar-refractivity contribution is 7.22. The lowest BCUT2D eigenvalue weighted by atomic mass is 10.2. The van der Waals surface area contributed by atoms with Crippen LogP contribution in [-0.2, 0) is 11.3 Å². The number of benzene rings is 2. The van der Waals surface area contributed by atoms with Crippen LogP contribution in [0.3, 0.4) is 0 Å². The van der Waals surface area contributed by atoms with Gasteiger partial charge in [-0.3, -0.25) is 14.2 Å². The fourth-order valence-electron chi connectivity index (χ4n) is 3.07. The van der Waals surface area contributed by atoms with E-state index in [-0.39, 0.29) is 23.5 Å². The third kappa shape index (κ3) is 4.59. The number of ether oxygens (including phenoxy) is 2. The number of carbonyl (C=O) groups excluding carboxylic acids is 1. The zero-order valence-electron chi connectivity index (χ0n) is 16.7. The van der Waals surface area contributed by atoms with Gasteiger partial charge >= 0.3 is 6.61 Å². The van der Waals surface area contributed by atoms with Crippen LogP contribution in [0.15, 0.2) is 65.7 Å². The molecule has 0 aliphatic heterocycles. The largest absolute Gasteiger partial charge is 0.497 e. The van der Waals surface area contributed by atoms with Crippen molar-refractivity contribution in [1.29, 1.82) is 0 Å². The molecule has 0 aliphatic carbocycles. The number of amides is 1. The van der Waals surface area contributed by atoms with E-state index in [0.717, 1.165) is 16.2 Å². The minimum Gasteiger partial charge on any atom is -0.497 e. The normalized spacial score (nSPS) is 11.0. The Morgan fingerprint density at radius 1 is 1.19 bits per heavy atom. The van der Waals surface area contributed by atoms with E-state index in [9.17, 15) is 18.4 Å². The first kappa shape index (κ1) is 21.4. The molecule has 4 rings (SSSR count). The summed E-state index contributed by atoms with van der Waals surface area (Å²) in [5.41, 5.74) is 1.15. The van der Waals surface area contributed by atoms with Crippen molar-refractivity contribution in [2.45, 2.75) is 13.2 Å². The van der Waals surface area contributed by atoms with Gasteiger partial charge in [-0.2, -0.15) is 8.78 Å². The number of para-hydroxylation sites is 2. The van der Waals surface area contributed by atoms with E-state index in [2.05, 4.69) is 15.0 Å². The molecule has 0 spiro atoms. The van der Waals surface area contributed by atoms with Crippen molar-refractivity contribution in [2.75, 3.05) is 12.4 Å². The summed E-state index contributed by atoms with van der Waals surface area (Å²) in [6.45, 7) is -3.36. The molecule has 0 bridgehead atoms. The fourth-order valence-corrected chi connectivity index (χ4v) is 4.13. The Morgan fingerprint density at radius 3 is 2.66 bits per heavy atom. The molecule has 1 amide bonds. The first-order valence-corrected chi connectivity index (χ1v) is 10.2. The average molecular weight is 457 g/mol. The topological polar surface area (TPSA) is 82.5 Å². The molecule has 2 aromatic heterocycles. The molecule has 0 fully saturated rings. The summed E-state index contributed by atoms with van der Waals surface area (Å²) in [6, 6.07) is 15.0. The summed E-state index contributed by atoms with van der Waals surface area (Å²) in [6.07, 6.45) is 1.29. The number of alkyl halides is 2. The molecular weight excluding hydrogens is 440 g/mol. The van der Waals surface area contributed by atoms with E-state index < -0.39 is 12.5 Å². The van der Waals surface area contributed by atoms with Crippen LogP contribution >= 0.6 is 11.3 Å². The van der Waals surface area contributed by atoms with Crippen LogP contribution in [0.1, 0.15) is 0 Å². The third-order valence-corrected chi connectivity index (χ3v) is 5.73. The molecular formula is C22H17F2N3O4S. The Bertz CT molecular complexity index is 1320. The molecule has 32 heavy (non-hydrogen) atoms. The van der Waals surface area contributed by atoms with E-state index in [4.69, 9.17) is 4.74 Å². The smallest absolute Gasteiger partial charge is 0.387 e. The van der Waals surface area contributed by atoms with Crippen molar-refractivity contribution in [1.82, 2.24) is 9.55 Å². The van der Waals surface area contributed by atoms with E-state index in [0.29, 0.717) is 10.2 Å². The number of hydrogen-bond donors (Lipinski definition) is 1. The van der Waals surface area contributed by atoms with Gasteiger partial charge in [-0.25, -0.2) is 4.98 Å². The number of rotatable bonds is 7. The van der Waals surface area contributed by atoms with Crippen molar-refractivity contribution >= 4 is 33.1 Å². The van der Waals surface area contributed by atoms with Crippen molar-refractivity contribution in [3.8, 4) is 21.9 Å². The Labute approximate surface area is 184 Å².